The van der Waals surface area contributed by atoms with E-state index in [0.29, 0.717) is 18.5 Å². The van der Waals surface area contributed by atoms with Crippen molar-refractivity contribution in [1.29, 1.82) is 0 Å². The van der Waals surface area contributed by atoms with Crippen LogP contribution >= 0.6 is 0 Å². The van der Waals surface area contributed by atoms with Crippen LogP contribution < -0.4 is 5.73 Å². The Balaban J connectivity index is 2.31. The Morgan fingerprint density at radius 3 is 2.76 bits per heavy atom. The zero-order valence-electron chi connectivity index (χ0n) is 13.4. The van der Waals surface area contributed by atoms with Crippen molar-refractivity contribution < 1.29 is 9.53 Å². The van der Waals surface area contributed by atoms with E-state index >= 15 is 0 Å². The van der Waals surface area contributed by atoms with Crippen LogP contribution in [0.1, 0.15) is 75.2 Å². The number of nitrogens with zero attached hydrogens (tertiary/aromatic N) is 2. The van der Waals surface area contributed by atoms with Crippen LogP contribution in [0.25, 0.3) is 0 Å². The van der Waals surface area contributed by atoms with Crippen molar-refractivity contribution >= 4 is 11.8 Å². The highest BCUT2D eigenvalue weighted by molar-refractivity contribution is 5.92. The smallest absolute Gasteiger partial charge is 0.360 e. The number of hydrogen-bond donors (Lipinski definition) is 1. The molecule has 0 aromatic carbocycles. The summed E-state index contributed by atoms with van der Waals surface area (Å²) in [5, 5.41) is 0. The van der Waals surface area contributed by atoms with E-state index in [9.17, 15) is 4.79 Å². The molecule has 0 bridgehead atoms. The van der Waals surface area contributed by atoms with Crippen LogP contribution in [0.5, 0.6) is 0 Å². The highest BCUT2D eigenvalue weighted by atomic mass is 16.5. The first-order chi connectivity index (χ1) is 10.1. The third kappa shape index (κ3) is 3.39. The summed E-state index contributed by atoms with van der Waals surface area (Å²) in [5.74, 6) is 1.74. The van der Waals surface area contributed by atoms with E-state index in [1.807, 2.05) is 6.92 Å². The molecule has 1 aromatic heterocycles. The number of nitrogens with two attached hydrogens (primary N) is 1. The fourth-order valence-corrected chi connectivity index (χ4v) is 3.23. The Hall–Kier alpha value is -1.52. The van der Waals surface area contributed by atoms with Gasteiger partial charge in [-0.05, 0) is 32.1 Å². The second-order valence-electron chi connectivity index (χ2n) is 5.97. The van der Waals surface area contributed by atoms with Gasteiger partial charge in [0.25, 0.3) is 0 Å². The normalized spacial score (nSPS) is 22.8. The molecule has 0 saturated heterocycles. The van der Waals surface area contributed by atoms with Gasteiger partial charge in [0.15, 0.2) is 5.69 Å². The number of esters is 1. The van der Waals surface area contributed by atoms with Gasteiger partial charge in [-0.3, -0.25) is 0 Å². The van der Waals surface area contributed by atoms with Crippen molar-refractivity contribution in [3.63, 3.8) is 0 Å². The number of aromatic nitrogens is 2. The maximum atomic E-state index is 12.0. The molecule has 1 aliphatic carbocycles. The van der Waals surface area contributed by atoms with Crippen molar-refractivity contribution in [1.82, 2.24) is 9.55 Å². The minimum Gasteiger partial charge on any atom is -0.461 e. The summed E-state index contributed by atoms with van der Waals surface area (Å²) in [7, 11) is 0. The topological polar surface area (TPSA) is 70.1 Å². The van der Waals surface area contributed by atoms with Gasteiger partial charge in [0.1, 0.15) is 11.6 Å². The molecule has 0 radical (unpaired) electrons. The Kier molecular flexibility index (Phi) is 5.26. The van der Waals surface area contributed by atoms with Gasteiger partial charge in [-0.1, -0.05) is 26.7 Å². The van der Waals surface area contributed by atoms with E-state index in [1.165, 1.54) is 19.3 Å². The van der Waals surface area contributed by atoms with Crippen molar-refractivity contribution in [3.8, 4) is 0 Å². The fourth-order valence-electron chi connectivity index (χ4n) is 3.23. The summed E-state index contributed by atoms with van der Waals surface area (Å²) in [4.78, 5) is 16.4. The molecule has 2 atom stereocenters. The molecular weight excluding hydrogens is 266 g/mol. The van der Waals surface area contributed by atoms with Crippen molar-refractivity contribution in [2.45, 2.75) is 65.3 Å². The SMILES string of the molecule is CCOC(=O)c1nc(CC)n(C2CCCC(C)CC2)c1N. The molecule has 5 heteroatoms. The Morgan fingerprint density at radius 2 is 2.10 bits per heavy atom. The predicted molar refractivity (Wildman–Crippen MR) is 83.3 cm³/mol. The lowest BCUT2D eigenvalue weighted by Gasteiger charge is -2.20. The number of rotatable bonds is 4. The summed E-state index contributed by atoms with van der Waals surface area (Å²) in [6.45, 7) is 6.49. The highest BCUT2D eigenvalue weighted by Crippen LogP contribution is 2.34. The molecule has 2 rings (SSSR count). The maximum Gasteiger partial charge on any atom is 0.360 e. The molecule has 2 N–H and O–H groups in total. The second kappa shape index (κ2) is 6.96. The van der Waals surface area contributed by atoms with E-state index in [4.69, 9.17) is 10.5 Å². The van der Waals surface area contributed by atoms with E-state index in [2.05, 4.69) is 16.5 Å². The first-order valence-electron chi connectivity index (χ1n) is 8.12. The minimum absolute atomic E-state index is 0.283. The average Bonchev–Trinajstić information content (AvgIpc) is 2.64. The molecule has 1 aromatic rings. The van der Waals surface area contributed by atoms with E-state index in [0.717, 1.165) is 31.0 Å². The first kappa shape index (κ1) is 15.9. The number of anilines is 1. The summed E-state index contributed by atoms with van der Waals surface area (Å²) in [5.41, 5.74) is 6.51. The van der Waals surface area contributed by atoms with Gasteiger partial charge in [0, 0.05) is 12.5 Å². The van der Waals surface area contributed by atoms with E-state index < -0.39 is 5.97 Å². The number of hydrogen-bond acceptors (Lipinski definition) is 4. The minimum atomic E-state index is -0.412. The van der Waals surface area contributed by atoms with Crippen molar-refractivity contribution in [2.24, 2.45) is 5.92 Å². The first-order valence-corrected chi connectivity index (χ1v) is 8.12. The summed E-state index contributed by atoms with van der Waals surface area (Å²) >= 11 is 0. The van der Waals surface area contributed by atoms with Crippen molar-refractivity contribution in [3.05, 3.63) is 11.5 Å². The summed E-state index contributed by atoms with van der Waals surface area (Å²) in [6, 6.07) is 0.362. The molecule has 1 aliphatic rings. The monoisotopic (exact) mass is 293 g/mol. The maximum absolute atomic E-state index is 12.0. The molecule has 1 saturated carbocycles. The quantitative estimate of drug-likeness (QED) is 0.682. The van der Waals surface area contributed by atoms with Crippen LogP contribution in [0, 0.1) is 5.92 Å². The van der Waals surface area contributed by atoms with Gasteiger partial charge in [-0.25, -0.2) is 9.78 Å². The fraction of sp³-hybridized carbons (Fsp3) is 0.750. The van der Waals surface area contributed by atoms with Crippen LogP contribution in [-0.4, -0.2) is 22.1 Å². The molecule has 0 amide bonds. The molecule has 0 aliphatic heterocycles. The Bertz CT molecular complexity index is 496. The number of carbonyl (C=O) groups is 1. The number of carbonyl (C=O) groups excluding carboxylic acids is 1. The number of nitrogen functional groups attached to an aromatic ring is 1. The molecule has 2 unspecified atom stereocenters. The lowest BCUT2D eigenvalue weighted by molar-refractivity contribution is 0.0521. The van der Waals surface area contributed by atoms with Gasteiger partial charge in [-0.2, -0.15) is 0 Å². The van der Waals surface area contributed by atoms with Crippen molar-refractivity contribution in [2.75, 3.05) is 12.3 Å². The van der Waals surface area contributed by atoms with Gasteiger partial charge in [0.05, 0.1) is 6.61 Å². The molecule has 21 heavy (non-hydrogen) atoms. The number of ether oxygens (including phenoxy) is 1. The Labute approximate surface area is 126 Å². The van der Waals surface area contributed by atoms with Gasteiger partial charge in [-0.15, -0.1) is 0 Å². The third-order valence-electron chi connectivity index (χ3n) is 4.40. The summed E-state index contributed by atoms with van der Waals surface area (Å²) in [6.07, 6.45) is 6.69. The largest absolute Gasteiger partial charge is 0.461 e. The lowest BCUT2D eigenvalue weighted by Crippen LogP contribution is -2.15. The Morgan fingerprint density at radius 1 is 1.33 bits per heavy atom. The van der Waals surface area contributed by atoms with Gasteiger partial charge in [0.2, 0.25) is 0 Å². The number of aryl methyl sites for hydroxylation is 1. The highest BCUT2D eigenvalue weighted by Gasteiger charge is 2.26. The standard InChI is InChI=1S/C16H27N3O2/c1-4-13-18-14(16(20)21-5-2)15(17)19(13)12-8-6-7-11(3)9-10-12/h11-12H,4-10,17H2,1-3H3. The number of imidazole rings is 1. The predicted octanol–water partition coefficient (Wildman–Crippen LogP) is 3.35. The molecule has 5 nitrogen and oxygen atoms in total. The van der Waals surface area contributed by atoms with Crippen LogP contribution in [0.15, 0.2) is 0 Å². The molecule has 1 heterocycles. The van der Waals surface area contributed by atoms with Crippen LogP contribution in [-0.2, 0) is 11.2 Å². The summed E-state index contributed by atoms with van der Waals surface area (Å²) < 4.78 is 7.14. The zero-order chi connectivity index (χ0) is 15.4. The lowest BCUT2D eigenvalue weighted by atomic mass is 10.0. The van der Waals surface area contributed by atoms with E-state index in [1.54, 1.807) is 6.92 Å². The second-order valence-corrected chi connectivity index (χ2v) is 5.97. The third-order valence-corrected chi connectivity index (χ3v) is 4.40. The average molecular weight is 293 g/mol. The van der Waals surface area contributed by atoms with Crippen LogP contribution in [0.2, 0.25) is 0 Å². The van der Waals surface area contributed by atoms with Gasteiger partial charge < -0.3 is 15.0 Å². The molecular formula is C16H27N3O2. The van der Waals surface area contributed by atoms with Crippen LogP contribution in [0.3, 0.4) is 0 Å². The van der Waals surface area contributed by atoms with E-state index in [-0.39, 0.29) is 5.69 Å². The molecule has 1 fully saturated rings. The van der Waals surface area contributed by atoms with Gasteiger partial charge >= 0.3 is 5.97 Å². The van der Waals surface area contributed by atoms with Crippen LogP contribution in [0.4, 0.5) is 5.82 Å². The molecule has 118 valence electrons. The zero-order valence-corrected chi connectivity index (χ0v) is 13.4. The molecule has 0 spiro atoms.